The van der Waals surface area contributed by atoms with Crippen LogP contribution in [-0.2, 0) is 12.8 Å². The van der Waals surface area contributed by atoms with E-state index in [4.69, 9.17) is 5.11 Å². The van der Waals surface area contributed by atoms with Crippen LogP contribution in [0.3, 0.4) is 0 Å². The molecule has 0 amide bonds. The van der Waals surface area contributed by atoms with Crippen molar-refractivity contribution in [2.75, 3.05) is 13.6 Å². The molecule has 4 heteroatoms. The van der Waals surface area contributed by atoms with Gasteiger partial charge in [0, 0.05) is 18.4 Å². The van der Waals surface area contributed by atoms with Crippen LogP contribution in [0.5, 0.6) is 0 Å². The standard InChI is InChI=1S/C19H22N2O2/c1-21-10-2-3-18(21)17-11-15(12-20-13-17)5-4-14-6-8-16(9-7-14)19(22)23/h6-9,11-13,18H,2-5,10H2,1H3,(H,22,23). The summed E-state index contributed by atoms with van der Waals surface area (Å²) in [5, 5.41) is 8.93. The smallest absolute Gasteiger partial charge is 0.335 e. The first-order chi connectivity index (χ1) is 11.1. The Labute approximate surface area is 136 Å². The van der Waals surface area contributed by atoms with E-state index in [0.717, 1.165) is 24.9 Å². The van der Waals surface area contributed by atoms with E-state index < -0.39 is 5.97 Å². The van der Waals surface area contributed by atoms with Crippen LogP contribution in [0.1, 0.15) is 45.9 Å². The van der Waals surface area contributed by atoms with Gasteiger partial charge in [-0.2, -0.15) is 0 Å². The molecule has 1 aromatic carbocycles. The van der Waals surface area contributed by atoms with Crippen molar-refractivity contribution in [3.05, 3.63) is 65.0 Å². The summed E-state index contributed by atoms with van der Waals surface area (Å²) < 4.78 is 0. The highest BCUT2D eigenvalue weighted by molar-refractivity contribution is 5.87. The van der Waals surface area contributed by atoms with E-state index in [0.29, 0.717) is 11.6 Å². The van der Waals surface area contributed by atoms with Gasteiger partial charge in [-0.3, -0.25) is 9.88 Å². The van der Waals surface area contributed by atoms with Gasteiger partial charge in [0.15, 0.2) is 0 Å². The molecule has 1 aliphatic heterocycles. The van der Waals surface area contributed by atoms with Crippen LogP contribution >= 0.6 is 0 Å². The van der Waals surface area contributed by atoms with Crippen LogP contribution < -0.4 is 0 Å². The average molecular weight is 310 g/mol. The van der Waals surface area contributed by atoms with Crippen molar-refractivity contribution >= 4 is 5.97 Å². The third kappa shape index (κ3) is 3.77. The van der Waals surface area contributed by atoms with E-state index in [2.05, 4.69) is 23.0 Å². The monoisotopic (exact) mass is 310 g/mol. The molecule has 23 heavy (non-hydrogen) atoms. The summed E-state index contributed by atoms with van der Waals surface area (Å²) in [5.41, 5.74) is 4.04. The molecule has 0 bridgehead atoms. The molecule has 0 aliphatic carbocycles. The van der Waals surface area contributed by atoms with Gasteiger partial charge in [-0.1, -0.05) is 18.2 Å². The maximum atomic E-state index is 10.9. The first kappa shape index (κ1) is 15.7. The third-order valence-corrected chi connectivity index (χ3v) is 4.62. The van der Waals surface area contributed by atoms with Crippen molar-refractivity contribution in [3.8, 4) is 0 Å². The molecule has 1 aromatic heterocycles. The van der Waals surface area contributed by atoms with Crippen molar-refractivity contribution < 1.29 is 9.90 Å². The summed E-state index contributed by atoms with van der Waals surface area (Å²) in [4.78, 5) is 17.7. The molecule has 0 spiro atoms. The van der Waals surface area contributed by atoms with Crippen molar-refractivity contribution in [2.24, 2.45) is 0 Å². The first-order valence-electron chi connectivity index (χ1n) is 8.10. The molecule has 1 N–H and O–H groups in total. The van der Waals surface area contributed by atoms with Gasteiger partial charge in [-0.25, -0.2) is 4.79 Å². The lowest BCUT2D eigenvalue weighted by Crippen LogP contribution is -2.17. The Balaban J connectivity index is 1.65. The van der Waals surface area contributed by atoms with E-state index in [-0.39, 0.29) is 0 Å². The molecular formula is C19H22N2O2. The molecule has 120 valence electrons. The minimum Gasteiger partial charge on any atom is -0.478 e. The molecule has 1 atom stereocenters. The zero-order valence-corrected chi connectivity index (χ0v) is 13.4. The van der Waals surface area contributed by atoms with Crippen molar-refractivity contribution in [2.45, 2.75) is 31.7 Å². The molecule has 1 fully saturated rings. The number of carboxylic acids is 1. The summed E-state index contributed by atoms with van der Waals surface area (Å²) in [5.74, 6) is -0.880. The number of carboxylic acid groups (broad SMARTS) is 1. The van der Waals surface area contributed by atoms with Crippen LogP contribution in [-0.4, -0.2) is 34.6 Å². The fourth-order valence-electron chi connectivity index (χ4n) is 3.26. The number of carbonyl (C=O) groups is 1. The predicted molar refractivity (Wildman–Crippen MR) is 89.7 cm³/mol. The number of benzene rings is 1. The van der Waals surface area contributed by atoms with Gasteiger partial charge in [0.25, 0.3) is 0 Å². The summed E-state index contributed by atoms with van der Waals surface area (Å²) in [6, 6.07) is 9.89. The molecule has 1 unspecified atom stereocenters. The Morgan fingerprint density at radius 3 is 2.61 bits per heavy atom. The Bertz CT molecular complexity index is 682. The number of aryl methyl sites for hydroxylation is 2. The van der Waals surface area contributed by atoms with E-state index in [1.807, 2.05) is 24.5 Å². The van der Waals surface area contributed by atoms with Crippen LogP contribution in [0.4, 0.5) is 0 Å². The highest BCUT2D eigenvalue weighted by atomic mass is 16.4. The fourth-order valence-corrected chi connectivity index (χ4v) is 3.26. The van der Waals surface area contributed by atoms with Crippen LogP contribution in [0.25, 0.3) is 0 Å². The molecule has 2 heterocycles. The van der Waals surface area contributed by atoms with Crippen molar-refractivity contribution in [1.82, 2.24) is 9.88 Å². The second-order valence-electron chi connectivity index (χ2n) is 6.27. The van der Waals surface area contributed by atoms with Crippen LogP contribution in [0, 0.1) is 0 Å². The maximum absolute atomic E-state index is 10.9. The Morgan fingerprint density at radius 1 is 1.22 bits per heavy atom. The normalized spacial score (nSPS) is 18.2. The molecule has 3 rings (SSSR count). The minimum atomic E-state index is -0.880. The lowest BCUT2D eigenvalue weighted by atomic mass is 10.0. The molecular weight excluding hydrogens is 288 g/mol. The number of hydrogen-bond acceptors (Lipinski definition) is 3. The molecule has 0 radical (unpaired) electrons. The number of aromatic nitrogens is 1. The van der Waals surface area contributed by atoms with E-state index >= 15 is 0 Å². The first-order valence-corrected chi connectivity index (χ1v) is 8.10. The Kier molecular flexibility index (Phi) is 4.72. The highest BCUT2D eigenvalue weighted by Gasteiger charge is 2.22. The maximum Gasteiger partial charge on any atom is 0.335 e. The van der Waals surface area contributed by atoms with Crippen molar-refractivity contribution in [1.29, 1.82) is 0 Å². The second kappa shape index (κ2) is 6.92. The summed E-state index contributed by atoms with van der Waals surface area (Å²) in [6.07, 6.45) is 8.19. The summed E-state index contributed by atoms with van der Waals surface area (Å²) in [6.45, 7) is 1.16. The minimum absolute atomic E-state index is 0.335. The topological polar surface area (TPSA) is 53.4 Å². The van der Waals surface area contributed by atoms with Gasteiger partial charge >= 0.3 is 5.97 Å². The SMILES string of the molecule is CN1CCCC1c1cncc(CCc2ccc(C(=O)O)cc2)c1. The van der Waals surface area contributed by atoms with Crippen LogP contribution in [0.2, 0.25) is 0 Å². The Hall–Kier alpha value is -2.20. The van der Waals surface area contributed by atoms with E-state index in [1.54, 1.807) is 12.1 Å². The molecule has 4 nitrogen and oxygen atoms in total. The van der Waals surface area contributed by atoms with Gasteiger partial charge < -0.3 is 5.11 Å². The number of nitrogens with zero attached hydrogens (tertiary/aromatic N) is 2. The quantitative estimate of drug-likeness (QED) is 0.920. The molecule has 2 aromatic rings. The number of rotatable bonds is 5. The molecule has 0 saturated carbocycles. The lowest BCUT2D eigenvalue weighted by Gasteiger charge is -2.19. The number of aromatic carboxylic acids is 1. The highest BCUT2D eigenvalue weighted by Crippen LogP contribution is 2.30. The van der Waals surface area contributed by atoms with Gasteiger partial charge in [-0.15, -0.1) is 0 Å². The van der Waals surface area contributed by atoms with Gasteiger partial charge in [0.05, 0.1) is 5.56 Å². The van der Waals surface area contributed by atoms with Crippen LogP contribution in [0.15, 0.2) is 42.7 Å². The average Bonchev–Trinajstić information content (AvgIpc) is 3.00. The number of likely N-dealkylation sites (tertiary alicyclic amines) is 1. The molecule has 1 saturated heterocycles. The third-order valence-electron chi connectivity index (χ3n) is 4.62. The fraction of sp³-hybridized carbons (Fsp3) is 0.368. The Morgan fingerprint density at radius 2 is 1.96 bits per heavy atom. The number of pyridine rings is 1. The molecule has 1 aliphatic rings. The summed E-state index contributed by atoms with van der Waals surface area (Å²) >= 11 is 0. The van der Waals surface area contributed by atoms with Crippen molar-refractivity contribution in [3.63, 3.8) is 0 Å². The van der Waals surface area contributed by atoms with E-state index in [1.165, 1.54) is 24.0 Å². The number of hydrogen-bond donors (Lipinski definition) is 1. The zero-order chi connectivity index (χ0) is 16.2. The van der Waals surface area contributed by atoms with E-state index in [9.17, 15) is 4.79 Å². The van der Waals surface area contributed by atoms with Gasteiger partial charge in [0.1, 0.15) is 0 Å². The predicted octanol–water partition coefficient (Wildman–Crippen LogP) is 3.33. The summed E-state index contributed by atoms with van der Waals surface area (Å²) in [7, 11) is 2.17. The van der Waals surface area contributed by atoms with Gasteiger partial charge in [-0.05, 0) is 68.1 Å². The lowest BCUT2D eigenvalue weighted by molar-refractivity contribution is 0.0697. The van der Waals surface area contributed by atoms with Gasteiger partial charge in [0.2, 0.25) is 0 Å². The largest absolute Gasteiger partial charge is 0.478 e. The second-order valence-corrected chi connectivity index (χ2v) is 6.27. The zero-order valence-electron chi connectivity index (χ0n) is 13.4.